The van der Waals surface area contributed by atoms with E-state index in [0.717, 1.165) is 31.6 Å². The van der Waals surface area contributed by atoms with E-state index in [2.05, 4.69) is 6.92 Å². The van der Waals surface area contributed by atoms with Crippen LogP contribution in [0.2, 0.25) is 0 Å². The summed E-state index contributed by atoms with van der Waals surface area (Å²) in [5.74, 6) is -2.37. The summed E-state index contributed by atoms with van der Waals surface area (Å²) in [5, 5.41) is 18.3. The molecule has 0 aromatic carbocycles. The lowest BCUT2D eigenvalue weighted by molar-refractivity contribution is -0.157. The van der Waals surface area contributed by atoms with E-state index in [1.807, 2.05) is 0 Å². The fourth-order valence-corrected chi connectivity index (χ4v) is 4.94. The van der Waals surface area contributed by atoms with Crippen LogP contribution >= 0.6 is 0 Å². The molecule has 0 amide bonds. The van der Waals surface area contributed by atoms with Crippen LogP contribution in [0.15, 0.2) is 0 Å². The van der Waals surface area contributed by atoms with Crippen molar-refractivity contribution in [1.82, 2.24) is 0 Å². The summed E-state index contributed by atoms with van der Waals surface area (Å²) in [7, 11) is 0. The zero-order chi connectivity index (χ0) is 17.0. The molecule has 4 atom stereocenters. The van der Waals surface area contributed by atoms with Crippen molar-refractivity contribution in [2.45, 2.75) is 58.0 Å². The summed E-state index contributed by atoms with van der Waals surface area (Å²) in [6, 6.07) is 0. The Balaban J connectivity index is 1.82. The van der Waals surface area contributed by atoms with Gasteiger partial charge in [0.25, 0.3) is 0 Å². The summed E-state index contributed by atoms with van der Waals surface area (Å²) in [6.07, 6.45) is 4.87. The highest BCUT2D eigenvalue weighted by atomic mass is 32.2. The molecule has 7 heteroatoms. The Morgan fingerprint density at radius 2 is 1.61 bits per heavy atom. The van der Waals surface area contributed by atoms with Crippen LogP contribution in [0.25, 0.3) is 0 Å². The maximum atomic E-state index is 12.2. The van der Waals surface area contributed by atoms with E-state index in [1.54, 1.807) is 0 Å². The van der Waals surface area contributed by atoms with E-state index in [0.29, 0.717) is 18.1 Å². The summed E-state index contributed by atoms with van der Waals surface area (Å²) in [6.45, 7) is 2.23. The fraction of sp³-hybridized carbons (Fsp3) is 0.875. The summed E-state index contributed by atoms with van der Waals surface area (Å²) in [5.41, 5.74) is 0. The summed E-state index contributed by atoms with van der Waals surface area (Å²) < 4.78 is 17.7. The van der Waals surface area contributed by atoms with E-state index in [4.69, 9.17) is 9.29 Å². The molecule has 132 valence electrons. The first-order valence-electron chi connectivity index (χ1n) is 8.38. The molecule has 2 aliphatic carbocycles. The standard InChI is InChI=1S/C16H26O6S/c1-10-2-4-11(5-3-10)9-23(21)22-12-6-7-13(15(17)18)14(8-12)16(19)20/h10-14H,2-9H2,1H3,(H,17,18)(H,19,20). The minimum Gasteiger partial charge on any atom is -0.481 e. The predicted octanol–water partition coefficient (Wildman–Crippen LogP) is 2.45. The molecule has 2 saturated carbocycles. The third-order valence-corrected chi connectivity index (χ3v) is 6.42. The van der Waals surface area contributed by atoms with Gasteiger partial charge in [-0.1, -0.05) is 19.8 Å². The summed E-state index contributed by atoms with van der Waals surface area (Å²) >= 11 is -1.42. The van der Waals surface area contributed by atoms with Crippen LogP contribution in [0.4, 0.5) is 0 Å². The van der Waals surface area contributed by atoms with Crippen LogP contribution in [-0.2, 0) is 24.9 Å². The van der Waals surface area contributed by atoms with Crippen molar-refractivity contribution in [3.8, 4) is 0 Å². The molecular formula is C16H26O6S. The van der Waals surface area contributed by atoms with Crippen molar-refractivity contribution in [2.24, 2.45) is 23.7 Å². The zero-order valence-corrected chi connectivity index (χ0v) is 14.3. The van der Waals surface area contributed by atoms with Crippen LogP contribution in [0.3, 0.4) is 0 Å². The lowest BCUT2D eigenvalue weighted by atomic mass is 9.78. The average Bonchev–Trinajstić information content (AvgIpc) is 2.49. The molecule has 0 radical (unpaired) electrons. The van der Waals surface area contributed by atoms with Crippen molar-refractivity contribution in [1.29, 1.82) is 0 Å². The fourth-order valence-electron chi connectivity index (χ4n) is 3.67. The topological polar surface area (TPSA) is 101 Å². The maximum Gasteiger partial charge on any atom is 0.307 e. The smallest absolute Gasteiger partial charge is 0.307 e. The Kier molecular flexibility index (Phi) is 6.59. The normalized spacial score (nSPS) is 36.3. The van der Waals surface area contributed by atoms with E-state index in [9.17, 15) is 18.9 Å². The summed E-state index contributed by atoms with van der Waals surface area (Å²) in [4.78, 5) is 22.4. The van der Waals surface area contributed by atoms with Gasteiger partial charge in [0, 0.05) is 0 Å². The average molecular weight is 346 g/mol. The van der Waals surface area contributed by atoms with Gasteiger partial charge in [-0.25, -0.2) is 4.21 Å². The largest absolute Gasteiger partial charge is 0.481 e. The molecule has 0 heterocycles. The molecule has 2 N–H and O–H groups in total. The first-order chi connectivity index (χ1) is 10.9. The van der Waals surface area contributed by atoms with Crippen molar-refractivity contribution in [2.75, 3.05) is 5.75 Å². The quantitative estimate of drug-likeness (QED) is 0.766. The Morgan fingerprint density at radius 1 is 1.00 bits per heavy atom. The SMILES string of the molecule is CC1CCC(CS(=O)OC2CCC(C(=O)O)C(C(=O)O)C2)CC1. The molecule has 0 aromatic heterocycles. The van der Waals surface area contributed by atoms with E-state index in [-0.39, 0.29) is 12.8 Å². The van der Waals surface area contributed by atoms with Gasteiger partial charge >= 0.3 is 11.9 Å². The second kappa shape index (κ2) is 8.24. The highest BCUT2D eigenvalue weighted by molar-refractivity contribution is 7.80. The lowest BCUT2D eigenvalue weighted by Crippen LogP contribution is -2.38. The first kappa shape index (κ1) is 18.4. The van der Waals surface area contributed by atoms with Gasteiger partial charge in [-0.05, 0) is 43.9 Å². The van der Waals surface area contributed by atoms with Crippen molar-refractivity contribution in [3.05, 3.63) is 0 Å². The minimum absolute atomic E-state index is 0.125. The molecule has 0 spiro atoms. The van der Waals surface area contributed by atoms with E-state index in [1.165, 1.54) is 0 Å². The molecule has 0 aromatic rings. The number of carboxylic acids is 2. The molecule has 4 unspecified atom stereocenters. The Morgan fingerprint density at radius 3 is 2.17 bits per heavy atom. The van der Waals surface area contributed by atoms with Gasteiger partial charge in [-0.3, -0.25) is 13.8 Å². The molecule has 0 aliphatic heterocycles. The highest BCUT2D eigenvalue weighted by Crippen LogP contribution is 2.34. The predicted molar refractivity (Wildman–Crippen MR) is 85.1 cm³/mol. The molecule has 2 rings (SSSR count). The van der Waals surface area contributed by atoms with Gasteiger partial charge in [0.15, 0.2) is 11.1 Å². The number of hydrogen-bond acceptors (Lipinski definition) is 4. The molecule has 2 fully saturated rings. The van der Waals surface area contributed by atoms with Gasteiger partial charge in [-0.15, -0.1) is 0 Å². The van der Waals surface area contributed by atoms with E-state index < -0.39 is 41.0 Å². The Labute approximate surface area is 139 Å². The number of hydrogen-bond donors (Lipinski definition) is 2. The van der Waals surface area contributed by atoms with Crippen molar-refractivity contribution < 1.29 is 28.2 Å². The molecule has 23 heavy (non-hydrogen) atoms. The molecule has 6 nitrogen and oxygen atoms in total. The third-order valence-electron chi connectivity index (χ3n) is 5.19. The molecule has 2 aliphatic rings. The number of rotatable bonds is 6. The minimum atomic E-state index is -1.42. The van der Waals surface area contributed by atoms with Crippen LogP contribution in [0.5, 0.6) is 0 Å². The number of aliphatic carboxylic acids is 2. The van der Waals surface area contributed by atoms with Gasteiger partial charge in [-0.2, -0.15) is 0 Å². The number of carbonyl (C=O) groups is 2. The van der Waals surface area contributed by atoms with Crippen molar-refractivity contribution >= 4 is 23.0 Å². The van der Waals surface area contributed by atoms with Gasteiger partial charge in [0.1, 0.15) is 0 Å². The monoisotopic (exact) mass is 346 g/mol. The molecular weight excluding hydrogens is 320 g/mol. The second-order valence-corrected chi connectivity index (χ2v) is 8.15. The second-order valence-electron chi connectivity index (χ2n) is 7.02. The highest BCUT2D eigenvalue weighted by Gasteiger charge is 2.40. The van der Waals surface area contributed by atoms with Gasteiger partial charge in [0.2, 0.25) is 0 Å². The molecule has 0 saturated heterocycles. The van der Waals surface area contributed by atoms with Gasteiger partial charge in [0.05, 0.1) is 23.7 Å². The lowest BCUT2D eigenvalue weighted by Gasteiger charge is -2.31. The molecule has 0 bridgehead atoms. The van der Waals surface area contributed by atoms with E-state index >= 15 is 0 Å². The Bertz CT molecular complexity index is 457. The van der Waals surface area contributed by atoms with Crippen LogP contribution < -0.4 is 0 Å². The maximum absolute atomic E-state index is 12.2. The van der Waals surface area contributed by atoms with Crippen LogP contribution in [-0.4, -0.2) is 38.2 Å². The Hall–Kier alpha value is -0.950. The third kappa shape index (κ3) is 5.28. The van der Waals surface area contributed by atoms with Crippen LogP contribution in [0.1, 0.15) is 51.9 Å². The van der Waals surface area contributed by atoms with Gasteiger partial charge < -0.3 is 10.2 Å². The first-order valence-corrected chi connectivity index (χ1v) is 9.62. The van der Waals surface area contributed by atoms with Crippen LogP contribution in [0, 0.1) is 23.7 Å². The zero-order valence-electron chi connectivity index (χ0n) is 13.5. The number of carboxylic acid groups (broad SMARTS) is 2. The van der Waals surface area contributed by atoms with Crippen molar-refractivity contribution in [3.63, 3.8) is 0 Å².